The van der Waals surface area contributed by atoms with Gasteiger partial charge in [0.25, 0.3) is 0 Å². The van der Waals surface area contributed by atoms with Crippen molar-refractivity contribution in [1.82, 2.24) is 10.6 Å². The van der Waals surface area contributed by atoms with Gasteiger partial charge >= 0.3 is 0 Å². The standard InChI is InChI=1S/C12H24N6O2/c13-7-5-11(19)16-10-6-12(20)15-8-3-1-2-4-9-17-18-14/h1-10,13H2,(H,15,20)(H,16,19). The molecule has 0 saturated heterocycles. The highest BCUT2D eigenvalue weighted by Crippen LogP contribution is 1.99. The zero-order chi connectivity index (χ0) is 15.1. The summed E-state index contributed by atoms with van der Waals surface area (Å²) in [6.45, 7) is 1.83. The van der Waals surface area contributed by atoms with Crippen LogP contribution in [-0.2, 0) is 9.59 Å². The van der Waals surface area contributed by atoms with E-state index in [1.165, 1.54) is 0 Å². The predicted molar refractivity (Wildman–Crippen MR) is 76.8 cm³/mol. The Morgan fingerprint density at radius 3 is 2.35 bits per heavy atom. The van der Waals surface area contributed by atoms with Crippen molar-refractivity contribution >= 4 is 11.8 Å². The van der Waals surface area contributed by atoms with Gasteiger partial charge in [-0.1, -0.05) is 18.0 Å². The molecule has 8 heteroatoms. The van der Waals surface area contributed by atoms with Gasteiger partial charge in [0.2, 0.25) is 11.8 Å². The Morgan fingerprint density at radius 2 is 1.65 bits per heavy atom. The van der Waals surface area contributed by atoms with Crippen LogP contribution >= 0.6 is 0 Å². The van der Waals surface area contributed by atoms with Crippen molar-refractivity contribution in [3.8, 4) is 0 Å². The fraction of sp³-hybridized carbons (Fsp3) is 0.833. The minimum absolute atomic E-state index is 0.0628. The average molecular weight is 284 g/mol. The Hall–Kier alpha value is -1.79. The van der Waals surface area contributed by atoms with E-state index in [-0.39, 0.29) is 24.7 Å². The number of carbonyl (C=O) groups excluding carboxylic acids is 2. The van der Waals surface area contributed by atoms with Crippen LogP contribution in [0, 0.1) is 0 Å². The van der Waals surface area contributed by atoms with Gasteiger partial charge in [0, 0.05) is 43.9 Å². The van der Waals surface area contributed by atoms with Crippen molar-refractivity contribution in [2.75, 3.05) is 26.2 Å². The molecule has 0 aromatic heterocycles. The van der Waals surface area contributed by atoms with Gasteiger partial charge in [0.1, 0.15) is 0 Å². The monoisotopic (exact) mass is 284 g/mol. The van der Waals surface area contributed by atoms with Crippen molar-refractivity contribution in [3.63, 3.8) is 0 Å². The third-order valence-electron chi connectivity index (χ3n) is 2.62. The molecule has 0 unspecified atom stereocenters. The molecular weight excluding hydrogens is 260 g/mol. The molecule has 0 aromatic rings. The molecule has 0 spiro atoms. The van der Waals surface area contributed by atoms with Crippen LogP contribution in [-0.4, -0.2) is 38.0 Å². The third-order valence-corrected chi connectivity index (χ3v) is 2.62. The maximum absolute atomic E-state index is 11.4. The molecule has 8 nitrogen and oxygen atoms in total. The Morgan fingerprint density at radius 1 is 1.00 bits per heavy atom. The molecule has 4 N–H and O–H groups in total. The Bertz CT molecular complexity index is 328. The largest absolute Gasteiger partial charge is 0.356 e. The van der Waals surface area contributed by atoms with Crippen molar-refractivity contribution in [2.24, 2.45) is 10.8 Å². The molecular formula is C12H24N6O2. The molecule has 0 heterocycles. The van der Waals surface area contributed by atoms with Crippen LogP contribution in [0.4, 0.5) is 0 Å². The topological polar surface area (TPSA) is 133 Å². The van der Waals surface area contributed by atoms with Crippen LogP contribution in [0.5, 0.6) is 0 Å². The number of nitrogens with two attached hydrogens (primary N) is 1. The van der Waals surface area contributed by atoms with E-state index in [4.69, 9.17) is 11.3 Å². The van der Waals surface area contributed by atoms with Gasteiger partial charge in [-0.25, -0.2) is 0 Å². The van der Waals surface area contributed by atoms with E-state index in [0.29, 0.717) is 26.2 Å². The quantitative estimate of drug-likeness (QED) is 0.212. The van der Waals surface area contributed by atoms with E-state index < -0.39 is 0 Å². The molecule has 0 fully saturated rings. The summed E-state index contributed by atoms with van der Waals surface area (Å²) in [6.07, 6.45) is 4.34. The highest BCUT2D eigenvalue weighted by atomic mass is 16.2. The van der Waals surface area contributed by atoms with Crippen LogP contribution < -0.4 is 16.4 Å². The second-order valence-corrected chi connectivity index (χ2v) is 4.36. The second-order valence-electron chi connectivity index (χ2n) is 4.36. The van der Waals surface area contributed by atoms with Crippen LogP contribution in [0.25, 0.3) is 10.4 Å². The summed E-state index contributed by atoms with van der Waals surface area (Å²) < 4.78 is 0. The molecule has 0 radical (unpaired) electrons. The number of azide groups is 1. The molecule has 0 aliphatic carbocycles. The first-order chi connectivity index (χ1) is 9.70. The molecule has 0 saturated carbocycles. The third kappa shape index (κ3) is 12.7. The normalized spacial score (nSPS) is 9.65. The first-order valence-electron chi connectivity index (χ1n) is 6.95. The van der Waals surface area contributed by atoms with Crippen molar-refractivity contribution in [2.45, 2.75) is 38.5 Å². The number of nitrogens with one attached hydrogen (secondary N) is 2. The summed E-state index contributed by atoms with van der Waals surface area (Å²) in [5.74, 6) is -0.188. The van der Waals surface area contributed by atoms with E-state index >= 15 is 0 Å². The Kier molecular flexibility index (Phi) is 12.4. The van der Waals surface area contributed by atoms with Gasteiger partial charge < -0.3 is 16.4 Å². The average Bonchev–Trinajstić information content (AvgIpc) is 2.42. The summed E-state index contributed by atoms with van der Waals surface area (Å²) >= 11 is 0. The highest BCUT2D eigenvalue weighted by Gasteiger charge is 2.02. The predicted octanol–water partition coefficient (Wildman–Crippen LogP) is 0.828. The number of hydrogen-bond donors (Lipinski definition) is 3. The second kappa shape index (κ2) is 13.6. The molecule has 0 aromatic carbocycles. The zero-order valence-corrected chi connectivity index (χ0v) is 11.8. The summed E-state index contributed by atoms with van der Waals surface area (Å²) in [4.78, 5) is 25.2. The van der Waals surface area contributed by atoms with E-state index in [9.17, 15) is 9.59 Å². The molecule has 0 atom stereocenters. The van der Waals surface area contributed by atoms with E-state index in [2.05, 4.69) is 20.7 Å². The van der Waals surface area contributed by atoms with Gasteiger partial charge in [-0.3, -0.25) is 9.59 Å². The summed E-state index contributed by atoms with van der Waals surface area (Å²) in [5.41, 5.74) is 13.3. The fourth-order valence-electron chi connectivity index (χ4n) is 1.56. The summed E-state index contributed by atoms with van der Waals surface area (Å²) in [6, 6.07) is 0. The number of hydrogen-bond acceptors (Lipinski definition) is 4. The molecule has 0 rings (SSSR count). The van der Waals surface area contributed by atoms with Crippen molar-refractivity contribution in [3.05, 3.63) is 10.4 Å². The van der Waals surface area contributed by atoms with Gasteiger partial charge in [-0.15, -0.1) is 0 Å². The maximum atomic E-state index is 11.4. The number of amides is 2. The molecule has 2 amide bonds. The molecule has 0 bridgehead atoms. The van der Waals surface area contributed by atoms with Crippen LogP contribution in [0.15, 0.2) is 5.11 Å². The SMILES string of the molecule is [N-]=[N+]=NCCCCCCNC(=O)CCNC(=O)CCN. The maximum Gasteiger partial charge on any atom is 0.221 e. The summed E-state index contributed by atoms with van der Waals surface area (Å²) in [7, 11) is 0. The molecule has 20 heavy (non-hydrogen) atoms. The first kappa shape index (κ1) is 18.2. The molecule has 0 aliphatic heterocycles. The van der Waals surface area contributed by atoms with Gasteiger partial charge in [0.05, 0.1) is 0 Å². The zero-order valence-electron chi connectivity index (χ0n) is 11.8. The molecule has 0 aliphatic rings. The lowest BCUT2D eigenvalue weighted by molar-refractivity contribution is -0.122. The number of nitrogens with zero attached hydrogens (tertiary/aromatic N) is 3. The smallest absolute Gasteiger partial charge is 0.221 e. The number of carbonyl (C=O) groups is 2. The minimum atomic E-state index is -0.125. The Balaban J connectivity index is 3.32. The van der Waals surface area contributed by atoms with E-state index in [0.717, 1.165) is 25.7 Å². The lowest BCUT2D eigenvalue weighted by Crippen LogP contribution is -2.31. The van der Waals surface area contributed by atoms with Crippen molar-refractivity contribution < 1.29 is 9.59 Å². The van der Waals surface area contributed by atoms with Gasteiger partial charge in [-0.05, 0) is 18.4 Å². The number of unbranched alkanes of at least 4 members (excludes halogenated alkanes) is 3. The first-order valence-corrected chi connectivity index (χ1v) is 6.95. The number of rotatable bonds is 12. The van der Waals surface area contributed by atoms with Crippen LogP contribution in [0.2, 0.25) is 0 Å². The lowest BCUT2D eigenvalue weighted by atomic mass is 10.2. The van der Waals surface area contributed by atoms with Crippen LogP contribution in [0.1, 0.15) is 38.5 Å². The Labute approximate surface area is 119 Å². The lowest BCUT2D eigenvalue weighted by Gasteiger charge is -2.06. The van der Waals surface area contributed by atoms with Gasteiger partial charge in [-0.2, -0.15) is 0 Å². The van der Waals surface area contributed by atoms with Crippen molar-refractivity contribution in [1.29, 1.82) is 0 Å². The van der Waals surface area contributed by atoms with Gasteiger partial charge in [0.15, 0.2) is 0 Å². The summed E-state index contributed by atoms with van der Waals surface area (Å²) in [5, 5.41) is 8.87. The van der Waals surface area contributed by atoms with Crippen LogP contribution in [0.3, 0.4) is 0 Å². The van der Waals surface area contributed by atoms with E-state index in [1.807, 2.05) is 0 Å². The highest BCUT2D eigenvalue weighted by molar-refractivity contribution is 5.78. The molecule has 114 valence electrons. The minimum Gasteiger partial charge on any atom is -0.356 e. The van der Waals surface area contributed by atoms with E-state index in [1.54, 1.807) is 0 Å². The fourth-order valence-corrected chi connectivity index (χ4v) is 1.56.